The van der Waals surface area contributed by atoms with E-state index in [1.807, 2.05) is 10.6 Å². The Bertz CT molecular complexity index is 656. The minimum atomic E-state index is 0.722. The van der Waals surface area contributed by atoms with Gasteiger partial charge in [-0.05, 0) is 12.5 Å². The summed E-state index contributed by atoms with van der Waals surface area (Å²) in [5.41, 5.74) is 3.21. The highest BCUT2D eigenvalue weighted by Crippen LogP contribution is 2.11. The van der Waals surface area contributed by atoms with Gasteiger partial charge in [0.2, 0.25) is 5.65 Å². The molecule has 0 amide bonds. The predicted molar refractivity (Wildman–Crippen MR) is 69.3 cm³/mol. The van der Waals surface area contributed by atoms with Gasteiger partial charge in [0.05, 0.1) is 0 Å². The van der Waals surface area contributed by atoms with Crippen molar-refractivity contribution in [2.24, 2.45) is 0 Å². The van der Waals surface area contributed by atoms with Crippen molar-refractivity contribution in [2.45, 2.75) is 13.5 Å². The maximum atomic E-state index is 4.28. The minimum absolute atomic E-state index is 0.722. The number of anilines is 1. The van der Waals surface area contributed by atoms with Gasteiger partial charge in [-0.15, -0.1) is 10.2 Å². The third-order valence-corrected chi connectivity index (χ3v) is 2.80. The fourth-order valence-corrected chi connectivity index (χ4v) is 1.78. The highest BCUT2D eigenvalue weighted by molar-refractivity contribution is 5.61. The van der Waals surface area contributed by atoms with Crippen LogP contribution in [-0.4, -0.2) is 19.6 Å². The van der Waals surface area contributed by atoms with E-state index in [1.54, 1.807) is 12.5 Å². The van der Waals surface area contributed by atoms with Crippen molar-refractivity contribution in [3.63, 3.8) is 0 Å². The molecule has 3 aromatic rings. The molecule has 0 aliphatic rings. The molecule has 0 saturated heterocycles. The number of hydrogen-bond acceptors (Lipinski definition) is 4. The molecule has 3 rings (SSSR count). The molecule has 0 aliphatic carbocycles. The van der Waals surface area contributed by atoms with Crippen LogP contribution < -0.4 is 5.32 Å². The number of fused-ring (bicyclic) bond motifs is 1. The molecule has 1 aromatic carbocycles. The third-order valence-electron chi connectivity index (χ3n) is 2.80. The molecule has 90 valence electrons. The molecule has 0 bridgehead atoms. The molecule has 18 heavy (non-hydrogen) atoms. The molecule has 0 aliphatic heterocycles. The Balaban J connectivity index is 1.80. The van der Waals surface area contributed by atoms with Gasteiger partial charge in [-0.2, -0.15) is 0 Å². The Labute approximate surface area is 105 Å². The van der Waals surface area contributed by atoms with Crippen molar-refractivity contribution >= 4 is 11.5 Å². The Morgan fingerprint density at radius 1 is 1.22 bits per heavy atom. The van der Waals surface area contributed by atoms with E-state index in [1.165, 1.54) is 11.1 Å². The molecule has 0 unspecified atom stereocenters. The maximum Gasteiger partial charge on any atom is 0.203 e. The molecule has 0 atom stereocenters. The maximum absolute atomic E-state index is 4.28. The molecule has 2 aromatic heterocycles. The van der Waals surface area contributed by atoms with Crippen LogP contribution in [0.5, 0.6) is 0 Å². The van der Waals surface area contributed by atoms with Gasteiger partial charge in [0.15, 0.2) is 5.82 Å². The molecule has 0 fully saturated rings. The second-order valence-corrected chi connectivity index (χ2v) is 4.18. The number of aryl methyl sites for hydroxylation is 1. The summed E-state index contributed by atoms with van der Waals surface area (Å²) in [5.74, 6) is 0.746. The van der Waals surface area contributed by atoms with E-state index in [-0.39, 0.29) is 0 Å². The van der Waals surface area contributed by atoms with Crippen molar-refractivity contribution in [2.75, 3.05) is 5.32 Å². The van der Waals surface area contributed by atoms with E-state index < -0.39 is 0 Å². The summed E-state index contributed by atoms with van der Waals surface area (Å²) in [7, 11) is 0. The second-order valence-electron chi connectivity index (χ2n) is 4.18. The van der Waals surface area contributed by atoms with Crippen molar-refractivity contribution in [3.8, 4) is 0 Å². The minimum Gasteiger partial charge on any atom is -0.363 e. The average Bonchev–Trinajstić information content (AvgIpc) is 2.87. The lowest BCUT2D eigenvalue weighted by molar-refractivity contribution is 1.07. The first-order chi connectivity index (χ1) is 8.83. The first-order valence-electron chi connectivity index (χ1n) is 5.77. The zero-order valence-corrected chi connectivity index (χ0v) is 10.0. The number of aromatic nitrogens is 4. The molecule has 0 saturated carbocycles. The van der Waals surface area contributed by atoms with Gasteiger partial charge in [-0.25, -0.2) is 4.98 Å². The van der Waals surface area contributed by atoms with Crippen LogP contribution in [0.15, 0.2) is 43.0 Å². The third kappa shape index (κ3) is 2.02. The fourth-order valence-electron chi connectivity index (χ4n) is 1.78. The molecular weight excluding hydrogens is 226 g/mol. The number of nitrogens with one attached hydrogen (secondary N) is 1. The zero-order valence-electron chi connectivity index (χ0n) is 10.0. The van der Waals surface area contributed by atoms with Crippen LogP contribution in [0.25, 0.3) is 5.65 Å². The van der Waals surface area contributed by atoms with E-state index >= 15 is 0 Å². The summed E-state index contributed by atoms with van der Waals surface area (Å²) >= 11 is 0. The summed E-state index contributed by atoms with van der Waals surface area (Å²) < 4.78 is 1.84. The molecule has 0 radical (unpaired) electrons. The lowest BCUT2D eigenvalue weighted by Gasteiger charge is -2.06. The SMILES string of the molecule is Cc1ccc(CNc2nccn3cnnc23)cc1. The molecule has 5 heteroatoms. The normalized spacial score (nSPS) is 10.7. The fraction of sp³-hybridized carbons (Fsp3) is 0.154. The first-order valence-corrected chi connectivity index (χ1v) is 5.77. The topological polar surface area (TPSA) is 55.1 Å². The lowest BCUT2D eigenvalue weighted by Crippen LogP contribution is -2.03. The Morgan fingerprint density at radius 3 is 2.89 bits per heavy atom. The van der Waals surface area contributed by atoms with E-state index in [2.05, 4.69) is 51.7 Å². The van der Waals surface area contributed by atoms with Crippen LogP contribution in [0.1, 0.15) is 11.1 Å². The summed E-state index contributed by atoms with van der Waals surface area (Å²) in [6, 6.07) is 8.41. The highest BCUT2D eigenvalue weighted by atomic mass is 15.2. The second kappa shape index (κ2) is 4.44. The van der Waals surface area contributed by atoms with Crippen LogP contribution >= 0.6 is 0 Å². The number of benzene rings is 1. The van der Waals surface area contributed by atoms with Crippen LogP contribution in [0.2, 0.25) is 0 Å². The van der Waals surface area contributed by atoms with Crippen LogP contribution in [0.3, 0.4) is 0 Å². The lowest BCUT2D eigenvalue weighted by atomic mass is 10.1. The molecule has 2 heterocycles. The monoisotopic (exact) mass is 239 g/mol. The molecule has 0 spiro atoms. The predicted octanol–water partition coefficient (Wildman–Crippen LogP) is 2.04. The van der Waals surface area contributed by atoms with Gasteiger partial charge in [0.25, 0.3) is 0 Å². The summed E-state index contributed by atoms with van der Waals surface area (Å²) in [5, 5.41) is 11.2. The van der Waals surface area contributed by atoms with E-state index in [0.717, 1.165) is 18.0 Å². The standard InChI is InChI=1S/C13H13N5/c1-10-2-4-11(5-3-10)8-15-12-13-17-16-9-18(13)7-6-14-12/h2-7,9H,8H2,1H3,(H,14,15). The number of hydrogen-bond donors (Lipinski definition) is 1. The Kier molecular flexibility index (Phi) is 2.64. The molecule has 5 nitrogen and oxygen atoms in total. The van der Waals surface area contributed by atoms with Crippen LogP contribution in [0, 0.1) is 6.92 Å². The number of nitrogens with zero attached hydrogens (tertiary/aromatic N) is 4. The van der Waals surface area contributed by atoms with Crippen LogP contribution in [0.4, 0.5) is 5.82 Å². The van der Waals surface area contributed by atoms with Gasteiger partial charge in [0.1, 0.15) is 6.33 Å². The molecular formula is C13H13N5. The van der Waals surface area contributed by atoms with Gasteiger partial charge < -0.3 is 5.32 Å². The quantitative estimate of drug-likeness (QED) is 0.760. The van der Waals surface area contributed by atoms with Crippen molar-refractivity contribution in [1.82, 2.24) is 19.6 Å². The zero-order chi connectivity index (χ0) is 12.4. The van der Waals surface area contributed by atoms with E-state index in [4.69, 9.17) is 0 Å². The number of rotatable bonds is 3. The average molecular weight is 239 g/mol. The summed E-state index contributed by atoms with van der Waals surface area (Å²) in [6.45, 7) is 2.80. The van der Waals surface area contributed by atoms with E-state index in [0.29, 0.717) is 0 Å². The van der Waals surface area contributed by atoms with Gasteiger partial charge in [0, 0.05) is 18.9 Å². The van der Waals surface area contributed by atoms with Crippen molar-refractivity contribution in [1.29, 1.82) is 0 Å². The first kappa shape index (κ1) is 10.7. The van der Waals surface area contributed by atoms with Gasteiger partial charge in [-0.1, -0.05) is 29.8 Å². The van der Waals surface area contributed by atoms with Crippen molar-refractivity contribution in [3.05, 3.63) is 54.1 Å². The summed E-state index contributed by atoms with van der Waals surface area (Å²) in [4.78, 5) is 4.28. The summed E-state index contributed by atoms with van der Waals surface area (Å²) in [6.07, 6.45) is 5.22. The highest BCUT2D eigenvalue weighted by Gasteiger charge is 2.03. The van der Waals surface area contributed by atoms with Crippen molar-refractivity contribution < 1.29 is 0 Å². The largest absolute Gasteiger partial charge is 0.363 e. The van der Waals surface area contributed by atoms with Crippen LogP contribution in [-0.2, 0) is 6.54 Å². The van der Waals surface area contributed by atoms with Gasteiger partial charge in [-0.3, -0.25) is 4.40 Å². The molecule has 1 N–H and O–H groups in total. The van der Waals surface area contributed by atoms with E-state index in [9.17, 15) is 0 Å². The van der Waals surface area contributed by atoms with Gasteiger partial charge >= 0.3 is 0 Å². The Morgan fingerprint density at radius 2 is 2.06 bits per heavy atom. The smallest absolute Gasteiger partial charge is 0.203 e. The Hall–Kier alpha value is -2.43.